The molecule has 0 saturated heterocycles. The molecule has 4 nitrogen and oxygen atoms in total. The normalized spacial score (nSPS) is 13.6. The molecule has 0 aliphatic rings. The second-order valence-electron chi connectivity index (χ2n) is 5.57. The van der Waals surface area contributed by atoms with Crippen LogP contribution < -0.4 is 15.8 Å². The summed E-state index contributed by atoms with van der Waals surface area (Å²) in [6, 6.07) is 5.83. The molecule has 1 unspecified atom stereocenters. The Morgan fingerprint density at radius 3 is 2.62 bits per heavy atom. The van der Waals surface area contributed by atoms with Gasteiger partial charge in [0.15, 0.2) is 6.10 Å². The number of amides is 1. The van der Waals surface area contributed by atoms with E-state index in [4.69, 9.17) is 10.5 Å². The standard InChI is InChI=1S/C17H28N2O2/c1-5-6-7-10-19-17(20)14(4)21-16-9-8-15(13(3)18)11-12(16)2/h8-9,11,13-14H,5-7,10,18H2,1-4H3,(H,19,20)/t13-,14?/m0/s1. The van der Waals surface area contributed by atoms with E-state index < -0.39 is 6.10 Å². The molecule has 0 radical (unpaired) electrons. The monoisotopic (exact) mass is 292 g/mol. The van der Waals surface area contributed by atoms with E-state index in [1.807, 2.05) is 32.0 Å². The Kier molecular flexibility index (Phi) is 7.23. The number of carbonyl (C=O) groups excluding carboxylic acids is 1. The Bertz CT molecular complexity index is 458. The Morgan fingerprint density at radius 1 is 1.33 bits per heavy atom. The van der Waals surface area contributed by atoms with Crippen molar-refractivity contribution in [3.63, 3.8) is 0 Å². The Balaban J connectivity index is 2.54. The minimum absolute atomic E-state index is 0.00274. The molecule has 21 heavy (non-hydrogen) atoms. The van der Waals surface area contributed by atoms with Gasteiger partial charge in [0.05, 0.1) is 0 Å². The summed E-state index contributed by atoms with van der Waals surface area (Å²) >= 11 is 0. The van der Waals surface area contributed by atoms with E-state index in [0.29, 0.717) is 6.54 Å². The fraction of sp³-hybridized carbons (Fsp3) is 0.588. The van der Waals surface area contributed by atoms with Gasteiger partial charge in [0.25, 0.3) is 5.91 Å². The van der Waals surface area contributed by atoms with Crippen molar-refractivity contribution < 1.29 is 9.53 Å². The average molecular weight is 292 g/mol. The van der Waals surface area contributed by atoms with Crippen molar-refractivity contribution in [2.75, 3.05) is 6.54 Å². The lowest BCUT2D eigenvalue weighted by Crippen LogP contribution is -2.36. The molecule has 0 saturated carbocycles. The summed E-state index contributed by atoms with van der Waals surface area (Å²) in [5.74, 6) is 0.664. The van der Waals surface area contributed by atoms with Gasteiger partial charge in [-0.3, -0.25) is 4.79 Å². The number of carbonyl (C=O) groups is 1. The van der Waals surface area contributed by atoms with Crippen LogP contribution in [0.1, 0.15) is 57.2 Å². The molecule has 1 aromatic rings. The van der Waals surface area contributed by atoms with Crippen LogP contribution in [-0.4, -0.2) is 18.6 Å². The number of nitrogens with two attached hydrogens (primary N) is 1. The zero-order valence-electron chi connectivity index (χ0n) is 13.6. The maximum atomic E-state index is 11.9. The van der Waals surface area contributed by atoms with Gasteiger partial charge >= 0.3 is 0 Å². The number of ether oxygens (including phenoxy) is 1. The molecular weight excluding hydrogens is 264 g/mol. The Morgan fingerprint density at radius 2 is 2.05 bits per heavy atom. The van der Waals surface area contributed by atoms with Crippen LogP contribution >= 0.6 is 0 Å². The summed E-state index contributed by atoms with van der Waals surface area (Å²) < 4.78 is 5.75. The van der Waals surface area contributed by atoms with E-state index in [-0.39, 0.29) is 11.9 Å². The molecule has 0 aromatic heterocycles. The van der Waals surface area contributed by atoms with E-state index >= 15 is 0 Å². The molecule has 118 valence electrons. The molecule has 4 heteroatoms. The number of hydrogen-bond donors (Lipinski definition) is 2. The van der Waals surface area contributed by atoms with Crippen LogP contribution in [0.2, 0.25) is 0 Å². The lowest BCUT2D eigenvalue weighted by atomic mass is 10.1. The summed E-state index contributed by atoms with van der Waals surface area (Å²) in [4.78, 5) is 11.9. The van der Waals surface area contributed by atoms with E-state index in [0.717, 1.165) is 36.1 Å². The van der Waals surface area contributed by atoms with Gasteiger partial charge in [-0.2, -0.15) is 0 Å². The second kappa shape index (κ2) is 8.67. The van der Waals surface area contributed by atoms with E-state index in [2.05, 4.69) is 12.2 Å². The third-order valence-electron chi connectivity index (χ3n) is 3.48. The van der Waals surface area contributed by atoms with Crippen LogP contribution in [0.3, 0.4) is 0 Å². The van der Waals surface area contributed by atoms with Gasteiger partial charge in [-0.1, -0.05) is 31.9 Å². The summed E-state index contributed by atoms with van der Waals surface area (Å²) in [6.07, 6.45) is 2.80. The van der Waals surface area contributed by atoms with Crippen molar-refractivity contribution in [1.82, 2.24) is 5.32 Å². The summed E-state index contributed by atoms with van der Waals surface area (Å²) in [5, 5.41) is 2.90. The maximum absolute atomic E-state index is 11.9. The molecule has 0 heterocycles. The zero-order valence-corrected chi connectivity index (χ0v) is 13.6. The van der Waals surface area contributed by atoms with E-state index in [9.17, 15) is 4.79 Å². The lowest BCUT2D eigenvalue weighted by Gasteiger charge is -2.17. The number of aryl methyl sites for hydroxylation is 1. The highest BCUT2D eigenvalue weighted by atomic mass is 16.5. The molecule has 0 aliphatic carbocycles. The smallest absolute Gasteiger partial charge is 0.260 e. The zero-order chi connectivity index (χ0) is 15.8. The van der Waals surface area contributed by atoms with Crippen molar-refractivity contribution in [2.24, 2.45) is 5.73 Å². The minimum atomic E-state index is -0.494. The first-order valence-electron chi connectivity index (χ1n) is 7.76. The third-order valence-corrected chi connectivity index (χ3v) is 3.48. The summed E-state index contributed by atoms with van der Waals surface area (Å²) in [7, 11) is 0. The van der Waals surface area contributed by atoms with Gasteiger partial charge in [-0.05, 0) is 44.4 Å². The number of rotatable bonds is 8. The molecule has 3 N–H and O–H groups in total. The molecule has 1 aromatic carbocycles. The predicted octanol–water partition coefficient (Wildman–Crippen LogP) is 3.09. The van der Waals surface area contributed by atoms with E-state index in [1.165, 1.54) is 0 Å². The van der Waals surface area contributed by atoms with Gasteiger partial charge in [-0.15, -0.1) is 0 Å². The van der Waals surface area contributed by atoms with Crippen LogP contribution in [0.4, 0.5) is 0 Å². The first-order valence-corrected chi connectivity index (χ1v) is 7.76. The first-order chi connectivity index (χ1) is 9.95. The van der Waals surface area contributed by atoms with Gasteiger partial charge in [0, 0.05) is 12.6 Å². The highest BCUT2D eigenvalue weighted by molar-refractivity contribution is 5.80. The first kappa shape index (κ1) is 17.5. The summed E-state index contributed by atoms with van der Waals surface area (Å²) in [6.45, 7) is 8.54. The van der Waals surface area contributed by atoms with Crippen molar-refractivity contribution in [2.45, 2.75) is 59.1 Å². The van der Waals surface area contributed by atoms with Crippen molar-refractivity contribution in [1.29, 1.82) is 0 Å². The molecule has 0 spiro atoms. The largest absolute Gasteiger partial charge is 0.481 e. The number of hydrogen-bond acceptors (Lipinski definition) is 3. The minimum Gasteiger partial charge on any atom is -0.481 e. The van der Waals surface area contributed by atoms with E-state index in [1.54, 1.807) is 6.92 Å². The Labute approximate surface area is 128 Å². The molecule has 0 aliphatic heterocycles. The molecule has 0 fully saturated rings. The molecular formula is C17H28N2O2. The fourth-order valence-electron chi connectivity index (χ4n) is 2.06. The SMILES string of the molecule is CCCCCNC(=O)C(C)Oc1ccc([C@H](C)N)cc1C. The quantitative estimate of drug-likeness (QED) is 0.724. The van der Waals surface area contributed by atoms with Crippen molar-refractivity contribution in [3.05, 3.63) is 29.3 Å². The van der Waals surface area contributed by atoms with Gasteiger partial charge < -0.3 is 15.8 Å². The van der Waals surface area contributed by atoms with Gasteiger partial charge in [0.2, 0.25) is 0 Å². The molecule has 2 atom stereocenters. The lowest BCUT2D eigenvalue weighted by molar-refractivity contribution is -0.127. The average Bonchev–Trinajstić information content (AvgIpc) is 2.45. The van der Waals surface area contributed by atoms with Gasteiger partial charge in [0.1, 0.15) is 5.75 Å². The molecule has 1 rings (SSSR count). The highest BCUT2D eigenvalue weighted by Crippen LogP contribution is 2.22. The van der Waals surface area contributed by atoms with Crippen LogP contribution in [-0.2, 0) is 4.79 Å². The molecule has 1 amide bonds. The van der Waals surface area contributed by atoms with Gasteiger partial charge in [-0.25, -0.2) is 0 Å². The fourth-order valence-corrected chi connectivity index (χ4v) is 2.06. The molecule has 0 bridgehead atoms. The number of benzene rings is 1. The number of nitrogens with one attached hydrogen (secondary N) is 1. The third kappa shape index (κ3) is 5.76. The van der Waals surface area contributed by atoms with Crippen molar-refractivity contribution in [3.8, 4) is 5.75 Å². The van der Waals surface area contributed by atoms with Crippen LogP contribution in [0.25, 0.3) is 0 Å². The second-order valence-corrected chi connectivity index (χ2v) is 5.57. The van der Waals surface area contributed by atoms with Crippen LogP contribution in [0.5, 0.6) is 5.75 Å². The summed E-state index contributed by atoms with van der Waals surface area (Å²) in [5.41, 5.74) is 7.92. The maximum Gasteiger partial charge on any atom is 0.260 e. The Hall–Kier alpha value is -1.55. The van der Waals surface area contributed by atoms with Crippen LogP contribution in [0.15, 0.2) is 18.2 Å². The topological polar surface area (TPSA) is 64.3 Å². The predicted molar refractivity (Wildman–Crippen MR) is 86.4 cm³/mol. The van der Waals surface area contributed by atoms with Crippen molar-refractivity contribution >= 4 is 5.91 Å². The highest BCUT2D eigenvalue weighted by Gasteiger charge is 2.15. The number of unbranched alkanes of at least 4 members (excludes halogenated alkanes) is 2. The van der Waals surface area contributed by atoms with Crippen LogP contribution in [0, 0.1) is 6.92 Å².